The van der Waals surface area contributed by atoms with Crippen molar-refractivity contribution in [3.8, 4) is 0 Å². The molecule has 0 aliphatic carbocycles. The Morgan fingerprint density at radius 1 is 0.296 bits per heavy atom. The summed E-state index contributed by atoms with van der Waals surface area (Å²) in [5, 5.41) is 0. The third-order valence-electron chi connectivity index (χ3n) is 13.5. The monoisotopic (exact) mass is 993 g/mol. The molecular weight excluding hydrogens is 877 g/mol. The van der Waals surface area contributed by atoms with Crippen molar-refractivity contribution in [3.63, 3.8) is 0 Å². The molecule has 0 saturated carbocycles. The summed E-state index contributed by atoms with van der Waals surface area (Å²) in [6.45, 7) is 6.55. The van der Waals surface area contributed by atoms with Gasteiger partial charge < -0.3 is 14.2 Å². The summed E-state index contributed by atoms with van der Waals surface area (Å²) in [4.78, 5) is 38.3. The summed E-state index contributed by atoms with van der Waals surface area (Å²) in [5.74, 6) is -0.891. The van der Waals surface area contributed by atoms with Crippen molar-refractivity contribution in [2.45, 2.75) is 322 Å². The van der Waals surface area contributed by atoms with Crippen LogP contribution in [0.1, 0.15) is 316 Å². The van der Waals surface area contributed by atoms with E-state index in [-0.39, 0.29) is 31.1 Å². The maximum atomic E-state index is 12.9. The van der Waals surface area contributed by atoms with Crippen molar-refractivity contribution in [2.24, 2.45) is 0 Å². The average molecular weight is 994 g/mol. The Morgan fingerprint density at radius 3 is 0.873 bits per heavy atom. The van der Waals surface area contributed by atoms with Crippen molar-refractivity contribution in [1.82, 2.24) is 0 Å². The van der Waals surface area contributed by atoms with E-state index < -0.39 is 6.10 Å². The summed E-state index contributed by atoms with van der Waals surface area (Å²) in [5.41, 5.74) is 0. The first-order valence-corrected chi connectivity index (χ1v) is 30.8. The predicted octanol–water partition coefficient (Wildman–Crippen LogP) is 20.8. The molecule has 71 heavy (non-hydrogen) atoms. The van der Waals surface area contributed by atoms with Gasteiger partial charge in [0.05, 0.1) is 0 Å². The van der Waals surface area contributed by atoms with E-state index in [1.807, 2.05) is 0 Å². The fourth-order valence-corrected chi connectivity index (χ4v) is 8.90. The summed E-state index contributed by atoms with van der Waals surface area (Å²) in [6, 6.07) is 0. The molecule has 0 fully saturated rings. The molecule has 0 spiro atoms. The van der Waals surface area contributed by atoms with Crippen LogP contribution in [0.4, 0.5) is 0 Å². The van der Waals surface area contributed by atoms with E-state index in [1.54, 1.807) is 0 Å². The van der Waals surface area contributed by atoms with Gasteiger partial charge in [0.1, 0.15) is 13.2 Å². The molecule has 0 aromatic carbocycles. The van der Waals surface area contributed by atoms with Crippen LogP contribution < -0.4 is 0 Å². The van der Waals surface area contributed by atoms with E-state index in [4.69, 9.17) is 14.2 Å². The van der Waals surface area contributed by atoms with Crippen LogP contribution in [0, 0.1) is 0 Å². The van der Waals surface area contributed by atoms with Crippen LogP contribution in [0.25, 0.3) is 0 Å². The average Bonchev–Trinajstić information content (AvgIpc) is 3.37. The van der Waals surface area contributed by atoms with Crippen molar-refractivity contribution < 1.29 is 28.6 Å². The highest BCUT2D eigenvalue weighted by atomic mass is 16.6. The quantitative estimate of drug-likeness (QED) is 0.0261. The molecule has 6 nitrogen and oxygen atoms in total. The fourth-order valence-electron chi connectivity index (χ4n) is 8.90. The molecule has 1 unspecified atom stereocenters. The minimum Gasteiger partial charge on any atom is -0.462 e. The minimum absolute atomic E-state index is 0.0817. The summed E-state index contributed by atoms with van der Waals surface area (Å²) >= 11 is 0. The molecule has 0 radical (unpaired) electrons. The second-order valence-corrected chi connectivity index (χ2v) is 20.6. The lowest BCUT2D eigenvalue weighted by Gasteiger charge is -2.18. The van der Waals surface area contributed by atoms with Crippen molar-refractivity contribution >= 4 is 17.9 Å². The lowest BCUT2D eigenvalue weighted by molar-refractivity contribution is -0.167. The number of rotatable bonds is 56. The Balaban J connectivity index is 4.38. The number of carbonyl (C=O) groups is 3. The van der Waals surface area contributed by atoms with Crippen LogP contribution >= 0.6 is 0 Å². The van der Waals surface area contributed by atoms with E-state index in [1.165, 1.54) is 180 Å². The lowest BCUT2D eigenvalue weighted by atomic mass is 10.0. The van der Waals surface area contributed by atoms with E-state index in [9.17, 15) is 14.4 Å². The van der Waals surface area contributed by atoms with Crippen molar-refractivity contribution in [2.75, 3.05) is 13.2 Å². The molecule has 0 heterocycles. The molecule has 0 aromatic rings. The number of hydrogen-bond donors (Lipinski definition) is 0. The molecule has 0 bridgehead atoms. The number of hydrogen-bond acceptors (Lipinski definition) is 6. The van der Waals surface area contributed by atoms with Gasteiger partial charge in [-0.1, -0.05) is 274 Å². The van der Waals surface area contributed by atoms with Gasteiger partial charge in [-0.05, 0) is 83.5 Å². The SMILES string of the molecule is CC/C=C\C/C=C\C/C=C\C/C=C\CCCCCCC(=O)OC(COC(=O)CCCCCCCCCCC/C=C\CCCCCCCC)COC(=O)CCCCCCCCCCCCCCCCCCC. The van der Waals surface area contributed by atoms with Crippen molar-refractivity contribution in [3.05, 3.63) is 60.8 Å². The first-order chi connectivity index (χ1) is 35.0. The predicted molar refractivity (Wildman–Crippen MR) is 307 cm³/mol. The molecule has 0 saturated heterocycles. The van der Waals surface area contributed by atoms with Crippen LogP contribution in [-0.2, 0) is 28.6 Å². The number of carbonyl (C=O) groups excluding carboxylic acids is 3. The highest BCUT2D eigenvalue weighted by Gasteiger charge is 2.19. The topological polar surface area (TPSA) is 78.9 Å². The third kappa shape index (κ3) is 57.9. The Morgan fingerprint density at radius 2 is 0.549 bits per heavy atom. The number of unbranched alkanes of at least 4 members (excludes halogenated alkanes) is 35. The zero-order valence-corrected chi connectivity index (χ0v) is 47.2. The van der Waals surface area contributed by atoms with E-state index in [0.29, 0.717) is 19.3 Å². The minimum atomic E-state index is -0.787. The lowest BCUT2D eigenvalue weighted by Crippen LogP contribution is -2.30. The fraction of sp³-hybridized carbons (Fsp3) is 0.800. The van der Waals surface area contributed by atoms with Gasteiger partial charge in [-0.25, -0.2) is 0 Å². The smallest absolute Gasteiger partial charge is 0.306 e. The van der Waals surface area contributed by atoms with Gasteiger partial charge in [-0.3, -0.25) is 14.4 Å². The Labute approximate surface area is 440 Å². The molecule has 412 valence electrons. The Hall–Kier alpha value is -2.89. The van der Waals surface area contributed by atoms with Gasteiger partial charge in [-0.15, -0.1) is 0 Å². The van der Waals surface area contributed by atoms with Crippen LogP contribution in [0.15, 0.2) is 60.8 Å². The molecule has 0 N–H and O–H groups in total. The van der Waals surface area contributed by atoms with Crippen LogP contribution in [0.3, 0.4) is 0 Å². The summed E-state index contributed by atoms with van der Waals surface area (Å²) in [6.07, 6.45) is 75.0. The number of esters is 3. The summed E-state index contributed by atoms with van der Waals surface area (Å²) in [7, 11) is 0. The highest BCUT2D eigenvalue weighted by molar-refractivity contribution is 5.71. The Kier molecular flexibility index (Phi) is 57.2. The number of allylic oxidation sites excluding steroid dienone is 10. The van der Waals surface area contributed by atoms with Gasteiger partial charge in [-0.2, -0.15) is 0 Å². The standard InChI is InChI=1S/C65H116O6/c1-4-7-10-13-16-19-22-25-28-31-32-35-37-40-43-46-49-52-55-58-64(67)70-61-62(71-65(68)59-56-53-50-47-44-41-38-34-30-27-24-21-18-15-12-9-6-3)60-69-63(66)57-54-51-48-45-42-39-36-33-29-26-23-20-17-14-11-8-5-2/h9,12,18,21,25,27-28,30,38,41,62H,4-8,10-11,13-17,19-20,22-24,26,29,31-37,39-40,42-61H2,1-3H3/b12-9-,21-18-,28-25-,30-27-,41-38-. The summed E-state index contributed by atoms with van der Waals surface area (Å²) < 4.78 is 16.9. The van der Waals surface area contributed by atoms with Crippen LogP contribution in [0.5, 0.6) is 0 Å². The van der Waals surface area contributed by atoms with Gasteiger partial charge in [0.2, 0.25) is 0 Å². The first kappa shape index (κ1) is 68.1. The second-order valence-electron chi connectivity index (χ2n) is 20.6. The molecule has 0 amide bonds. The molecule has 0 aliphatic rings. The van der Waals surface area contributed by atoms with Crippen LogP contribution in [-0.4, -0.2) is 37.2 Å². The van der Waals surface area contributed by atoms with E-state index in [0.717, 1.165) is 96.3 Å². The van der Waals surface area contributed by atoms with Gasteiger partial charge in [0.15, 0.2) is 6.10 Å². The zero-order chi connectivity index (χ0) is 51.4. The number of ether oxygens (including phenoxy) is 3. The normalized spacial score (nSPS) is 12.4. The van der Waals surface area contributed by atoms with Crippen molar-refractivity contribution in [1.29, 1.82) is 0 Å². The maximum absolute atomic E-state index is 12.9. The third-order valence-corrected chi connectivity index (χ3v) is 13.5. The molecule has 6 heteroatoms. The maximum Gasteiger partial charge on any atom is 0.306 e. The molecule has 0 aliphatic heterocycles. The second kappa shape index (κ2) is 59.7. The molecule has 0 rings (SSSR count). The largest absolute Gasteiger partial charge is 0.462 e. The Bertz CT molecular complexity index is 1280. The molecular formula is C65H116O6. The first-order valence-electron chi connectivity index (χ1n) is 30.8. The molecule has 0 aromatic heterocycles. The van der Waals surface area contributed by atoms with Gasteiger partial charge >= 0.3 is 17.9 Å². The van der Waals surface area contributed by atoms with E-state index >= 15 is 0 Å². The van der Waals surface area contributed by atoms with E-state index in [2.05, 4.69) is 81.5 Å². The van der Waals surface area contributed by atoms with Gasteiger partial charge in [0, 0.05) is 19.3 Å². The van der Waals surface area contributed by atoms with Gasteiger partial charge in [0.25, 0.3) is 0 Å². The van der Waals surface area contributed by atoms with Crippen LogP contribution in [0.2, 0.25) is 0 Å². The zero-order valence-electron chi connectivity index (χ0n) is 47.2. The molecule has 1 atom stereocenters. The highest BCUT2D eigenvalue weighted by Crippen LogP contribution is 2.17.